The third-order valence-corrected chi connectivity index (χ3v) is 19.8. The van der Waals surface area contributed by atoms with Gasteiger partial charge in [-0.15, -0.1) is 0 Å². The molecule has 0 nitrogen and oxygen atoms in total. The molecule has 0 amide bonds. The van der Waals surface area contributed by atoms with Gasteiger partial charge in [-0.3, -0.25) is 0 Å². The van der Waals surface area contributed by atoms with Gasteiger partial charge in [-0.2, -0.15) is 0 Å². The molecule has 82 heavy (non-hydrogen) atoms. The number of rotatable bonds is 4. The maximum atomic E-state index is 2.50. The maximum Gasteiger partial charge on any atom is -0.000730 e. The second kappa shape index (κ2) is 15.8. The minimum atomic E-state index is 1.28. The van der Waals surface area contributed by atoms with Crippen LogP contribution in [0.3, 0.4) is 0 Å². The summed E-state index contributed by atoms with van der Waals surface area (Å²) in [6.07, 6.45) is 0. The van der Waals surface area contributed by atoms with E-state index in [1.165, 1.54) is 219 Å². The first-order valence-corrected chi connectivity index (χ1v) is 29.1. The lowest BCUT2D eigenvalue weighted by Crippen LogP contribution is -1.95. The topological polar surface area (TPSA) is 0 Å². The Labute approximate surface area is 474 Å². The van der Waals surface area contributed by atoms with Crippen molar-refractivity contribution < 1.29 is 0 Å². The Morgan fingerprint density at radius 2 is 0.341 bits per heavy atom. The van der Waals surface area contributed by atoms with Crippen LogP contribution in [0.15, 0.2) is 231 Å². The third kappa shape index (κ3) is 5.39. The van der Waals surface area contributed by atoms with Crippen molar-refractivity contribution in [1.82, 2.24) is 0 Å². The molecule has 0 heteroatoms. The summed E-state index contributed by atoms with van der Waals surface area (Å²) in [5.41, 5.74) is 26.3. The van der Waals surface area contributed by atoms with Gasteiger partial charge < -0.3 is 0 Å². The van der Waals surface area contributed by atoms with Gasteiger partial charge in [0.2, 0.25) is 0 Å². The minimum Gasteiger partial charge on any atom is -0.0620 e. The number of fused-ring (bicyclic) bond motifs is 15. The highest BCUT2D eigenvalue weighted by Gasteiger charge is 2.36. The zero-order chi connectivity index (χ0) is 54.0. The van der Waals surface area contributed by atoms with Gasteiger partial charge in [-0.25, -0.2) is 0 Å². The van der Waals surface area contributed by atoms with Crippen LogP contribution in [0.25, 0.3) is 197 Å². The van der Waals surface area contributed by atoms with Crippen LogP contribution in [0.1, 0.15) is 22.3 Å². The molecule has 0 heterocycles. The monoisotopic (exact) mass is 1030 g/mol. The van der Waals surface area contributed by atoms with Gasteiger partial charge in [0, 0.05) is 0 Å². The lowest BCUT2D eigenvalue weighted by molar-refractivity contribution is 1.46. The van der Waals surface area contributed by atoms with Gasteiger partial charge in [-0.1, -0.05) is 231 Å². The Balaban J connectivity index is 0.957. The normalized spacial score (nSPS) is 12.6. The van der Waals surface area contributed by atoms with Crippen LogP contribution in [0.5, 0.6) is 0 Å². The van der Waals surface area contributed by atoms with Gasteiger partial charge in [0.05, 0.1) is 0 Å². The Kier molecular flexibility index (Phi) is 8.62. The highest BCUT2D eigenvalue weighted by Crippen LogP contribution is 2.64. The molecular weight excluding hydrogens is 985 g/mol. The number of hydrogen-bond acceptors (Lipinski definition) is 0. The van der Waals surface area contributed by atoms with Crippen molar-refractivity contribution in [3.8, 4) is 89.0 Å². The summed E-state index contributed by atoms with van der Waals surface area (Å²) >= 11 is 0. The van der Waals surface area contributed by atoms with Crippen LogP contribution in [0, 0.1) is 27.7 Å². The average Bonchev–Trinajstić information content (AvgIpc) is 2.21. The van der Waals surface area contributed by atoms with Crippen LogP contribution >= 0.6 is 0 Å². The Morgan fingerprint density at radius 1 is 0.134 bits per heavy atom. The lowest BCUT2D eigenvalue weighted by Gasteiger charge is -2.22. The molecule has 0 saturated heterocycles. The number of benzene rings is 17. The molecular formula is C82H50. The summed E-state index contributed by atoms with van der Waals surface area (Å²) in [5.74, 6) is 0. The van der Waals surface area contributed by atoms with Crippen molar-refractivity contribution in [2.24, 2.45) is 0 Å². The summed E-state index contributed by atoms with van der Waals surface area (Å²) in [4.78, 5) is 0. The average molecular weight is 1040 g/mol. The van der Waals surface area contributed by atoms with E-state index in [2.05, 4.69) is 258 Å². The van der Waals surface area contributed by atoms with Crippen molar-refractivity contribution >= 4 is 108 Å². The first-order chi connectivity index (χ1) is 40.4. The first-order valence-electron chi connectivity index (χ1n) is 29.1. The highest BCUT2D eigenvalue weighted by molar-refractivity contribution is 6.51. The zero-order valence-electron chi connectivity index (χ0n) is 45.9. The quantitative estimate of drug-likeness (QED) is 0.122. The van der Waals surface area contributed by atoms with Gasteiger partial charge in [0.1, 0.15) is 0 Å². The van der Waals surface area contributed by atoms with Crippen LogP contribution in [0.2, 0.25) is 0 Å². The molecule has 0 unspecified atom stereocenters. The molecule has 0 atom stereocenters. The standard InChI is InChI=1S/C82H50/c1-43-19-5-9-23-47(43)67-51-27-13-15-29-53(51)69(49-25-11-7-21-45(49)3)81-65-41-39-61-71-57(35-37-63(75(65)71)79(67)81)59-33-34-60-58-36-38-64-76-66(42-40-62(72(58)76)74-56-32-18-17-31-55(56)73(61)77(59)78(60)74)82-70(50-26-12-8-22-46(50)4)54-30-16-14-28-52(54)68(80(64)82)48-24-10-6-20-44(48)2/h5-42H,1-4H3. The summed E-state index contributed by atoms with van der Waals surface area (Å²) in [6.45, 7) is 9.11. The van der Waals surface area contributed by atoms with Crippen molar-refractivity contribution in [2.45, 2.75) is 27.7 Å². The van der Waals surface area contributed by atoms with Crippen molar-refractivity contribution in [3.63, 3.8) is 0 Å². The third-order valence-electron chi connectivity index (χ3n) is 19.8. The number of hydrogen-bond donors (Lipinski definition) is 0. The molecule has 378 valence electrons. The molecule has 0 aromatic heterocycles. The van der Waals surface area contributed by atoms with Crippen molar-refractivity contribution in [2.75, 3.05) is 0 Å². The van der Waals surface area contributed by atoms with Gasteiger partial charge in [0.25, 0.3) is 0 Å². The molecule has 17 aromatic carbocycles. The molecule has 0 fully saturated rings. The molecule has 0 spiro atoms. The van der Waals surface area contributed by atoms with Crippen LogP contribution in [-0.4, -0.2) is 0 Å². The van der Waals surface area contributed by atoms with Crippen LogP contribution < -0.4 is 0 Å². The lowest BCUT2D eigenvalue weighted by atomic mass is 9.80. The van der Waals surface area contributed by atoms with Gasteiger partial charge >= 0.3 is 0 Å². The SMILES string of the molecule is Cc1ccccc1-c1c2c(c(-c3ccccc3C)c3ccccc13)-c1ccc3c4c1c-2ccc4c1ccc2c4ccc5c6c(ccc(c64)c4c6ccccc6c3c1c24)-c1c-5c(-c2ccccc2C)c2ccccc2c1-c1ccccc1C. The fourth-order valence-corrected chi connectivity index (χ4v) is 16.5. The highest BCUT2D eigenvalue weighted by atomic mass is 14.4. The molecule has 0 radical (unpaired) electrons. The van der Waals surface area contributed by atoms with E-state index in [0.717, 1.165) is 0 Å². The Morgan fingerprint density at radius 3 is 0.634 bits per heavy atom. The molecule has 17 aromatic rings. The van der Waals surface area contributed by atoms with Gasteiger partial charge in [-0.05, 0) is 247 Å². The van der Waals surface area contributed by atoms with E-state index >= 15 is 0 Å². The Hall–Kier alpha value is -10.1. The minimum absolute atomic E-state index is 1.28. The molecule has 2 aliphatic rings. The molecule has 0 aliphatic heterocycles. The van der Waals surface area contributed by atoms with Crippen molar-refractivity contribution in [1.29, 1.82) is 0 Å². The van der Waals surface area contributed by atoms with E-state index in [1.807, 2.05) is 0 Å². The number of aryl methyl sites for hydroxylation is 4. The smallest absolute Gasteiger partial charge is 0.000730 e. The Bertz CT molecular complexity index is 5230. The molecule has 0 saturated carbocycles. The fourth-order valence-electron chi connectivity index (χ4n) is 16.5. The van der Waals surface area contributed by atoms with E-state index in [9.17, 15) is 0 Å². The van der Waals surface area contributed by atoms with Crippen LogP contribution in [-0.2, 0) is 0 Å². The van der Waals surface area contributed by atoms with Crippen molar-refractivity contribution in [3.05, 3.63) is 253 Å². The van der Waals surface area contributed by atoms with E-state index < -0.39 is 0 Å². The molecule has 2 aliphatic carbocycles. The first kappa shape index (κ1) is 44.7. The molecule has 0 bridgehead atoms. The summed E-state index contributed by atoms with van der Waals surface area (Å²) < 4.78 is 0. The molecule has 19 rings (SSSR count). The largest absolute Gasteiger partial charge is 0.0620 e. The summed E-state index contributed by atoms with van der Waals surface area (Å²) in [5, 5.41) is 26.6. The van der Waals surface area contributed by atoms with Crippen LogP contribution in [0.4, 0.5) is 0 Å². The molecule has 0 N–H and O–H groups in total. The maximum absolute atomic E-state index is 2.50. The summed E-state index contributed by atoms with van der Waals surface area (Å²) in [7, 11) is 0. The second-order valence-electron chi connectivity index (χ2n) is 23.7. The van der Waals surface area contributed by atoms with E-state index in [-0.39, 0.29) is 0 Å². The second-order valence-corrected chi connectivity index (χ2v) is 23.7. The summed E-state index contributed by atoms with van der Waals surface area (Å²) in [6, 6.07) is 88.7. The predicted octanol–water partition coefficient (Wildman–Crippen LogP) is 23.3. The fraction of sp³-hybridized carbons (Fsp3) is 0.0488. The van der Waals surface area contributed by atoms with E-state index in [1.54, 1.807) is 0 Å². The van der Waals surface area contributed by atoms with Gasteiger partial charge in [0.15, 0.2) is 0 Å². The predicted molar refractivity (Wildman–Crippen MR) is 353 cm³/mol. The van der Waals surface area contributed by atoms with E-state index in [4.69, 9.17) is 0 Å². The zero-order valence-corrected chi connectivity index (χ0v) is 45.9. The van der Waals surface area contributed by atoms with E-state index in [0.29, 0.717) is 0 Å².